The molecule has 0 spiro atoms. The van der Waals surface area contributed by atoms with Gasteiger partial charge in [-0.15, -0.1) is 0 Å². The van der Waals surface area contributed by atoms with Gasteiger partial charge >= 0.3 is 0 Å². The average molecular weight is 402 g/mol. The number of anilines is 2. The van der Waals surface area contributed by atoms with E-state index in [2.05, 4.69) is 22.0 Å². The van der Waals surface area contributed by atoms with Crippen LogP contribution in [0.3, 0.4) is 0 Å². The van der Waals surface area contributed by atoms with Crippen LogP contribution in [0, 0.1) is 0 Å². The number of hydrogen-bond acceptors (Lipinski definition) is 4. The molecular weight excluding hydrogens is 374 g/mol. The van der Waals surface area contributed by atoms with Crippen molar-refractivity contribution in [1.29, 1.82) is 0 Å². The Morgan fingerprint density at radius 3 is 2.39 bits per heavy atom. The second-order valence-electron chi connectivity index (χ2n) is 7.20. The predicted molar refractivity (Wildman–Crippen MR) is 116 cm³/mol. The van der Waals surface area contributed by atoms with Crippen LogP contribution in [0.15, 0.2) is 42.5 Å². The first-order chi connectivity index (χ1) is 13.5. The Morgan fingerprint density at radius 1 is 1.11 bits per heavy atom. The van der Waals surface area contributed by atoms with Gasteiger partial charge in [0.05, 0.1) is 22.5 Å². The van der Waals surface area contributed by atoms with Gasteiger partial charge in [-0.2, -0.15) is 0 Å². The van der Waals surface area contributed by atoms with Gasteiger partial charge in [0.15, 0.2) is 0 Å². The highest BCUT2D eigenvalue weighted by Gasteiger charge is 2.21. The molecule has 6 heteroatoms. The molecule has 0 atom stereocenters. The summed E-state index contributed by atoms with van der Waals surface area (Å²) in [6.07, 6.45) is 0.0990. The molecule has 150 valence electrons. The maximum absolute atomic E-state index is 12.8. The van der Waals surface area contributed by atoms with Gasteiger partial charge in [0.1, 0.15) is 5.75 Å². The zero-order chi connectivity index (χ0) is 20.1. The third kappa shape index (κ3) is 4.97. The highest BCUT2D eigenvalue weighted by Crippen LogP contribution is 2.35. The van der Waals surface area contributed by atoms with Crippen LogP contribution in [0.5, 0.6) is 5.75 Å². The lowest BCUT2D eigenvalue weighted by atomic mass is 10.1. The van der Waals surface area contributed by atoms with Crippen LogP contribution >= 0.6 is 11.6 Å². The number of hydrogen-bond donors (Lipinski definition) is 1. The second-order valence-corrected chi connectivity index (χ2v) is 7.61. The fraction of sp³-hybridized carbons (Fsp3) is 0.409. The van der Waals surface area contributed by atoms with Crippen molar-refractivity contribution in [3.63, 3.8) is 0 Å². The van der Waals surface area contributed by atoms with E-state index >= 15 is 0 Å². The Hall–Kier alpha value is -2.24. The highest BCUT2D eigenvalue weighted by molar-refractivity contribution is 6.34. The van der Waals surface area contributed by atoms with Gasteiger partial charge in [0, 0.05) is 31.7 Å². The molecule has 1 saturated heterocycles. The van der Waals surface area contributed by atoms with Crippen LogP contribution in [-0.2, 0) is 0 Å². The average Bonchev–Trinajstić information content (AvgIpc) is 2.68. The summed E-state index contributed by atoms with van der Waals surface area (Å²) in [4.78, 5) is 17.4. The van der Waals surface area contributed by atoms with Crippen molar-refractivity contribution < 1.29 is 9.53 Å². The fourth-order valence-corrected chi connectivity index (χ4v) is 3.67. The molecule has 5 nitrogen and oxygen atoms in total. The van der Waals surface area contributed by atoms with Crippen LogP contribution < -0.4 is 15.0 Å². The third-order valence-corrected chi connectivity index (χ3v) is 5.16. The summed E-state index contributed by atoms with van der Waals surface area (Å²) < 4.78 is 5.64. The number of rotatable bonds is 6. The number of nitrogens with one attached hydrogen (secondary N) is 1. The zero-order valence-electron chi connectivity index (χ0n) is 16.7. The minimum Gasteiger partial charge on any atom is -0.491 e. The Kier molecular flexibility index (Phi) is 6.81. The summed E-state index contributed by atoms with van der Waals surface area (Å²) in [5.41, 5.74) is 2.22. The molecule has 1 fully saturated rings. The summed E-state index contributed by atoms with van der Waals surface area (Å²) >= 11 is 6.51. The molecule has 1 N–H and O–H groups in total. The molecule has 28 heavy (non-hydrogen) atoms. The maximum atomic E-state index is 12.8. The van der Waals surface area contributed by atoms with Crippen molar-refractivity contribution in [3.8, 4) is 5.75 Å². The van der Waals surface area contributed by atoms with E-state index in [4.69, 9.17) is 16.3 Å². The molecule has 0 unspecified atom stereocenters. The molecule has 0 radical (unpaired) electrons. The summed E-state index contributed by atoms with van der Waals surface area (Å²) in [5.74, 6) is 0.593. The van der Waals surface area contributed by atoms with Crippen molar-refractivity contribution in [3.05, 3.63) is 53.1 Å². The summed E-state index contributed by atoms with van der Waals surface area (Å²) in [7, 11) is 0. The molecule has 0 aliphatic carbocycles. The van der Waals surface area contributed by atoms with Gasteiger partial charge in [-0.25, -0.2) is 0 Å². The van der Waals surface area contributed by atoms with Crippen LogP contribution in [0.4, 0.5) is 11.4 Å². The number of carbonyl (C=O) groups is 1. The van der Waals surface area contributed by atoms with E-state index in [-0.39, 0.29) is 12.0 Å². The second kappa shape index (κ2) is 9.30. The van der Waals surface area contributed by atoms with Crippen molar-refractivity contribution in [2.45, 2.75) is 26.9 Å². The van der Waals surface area contributed by atoms with E-state index in [1.165, 1.54) is 0 Å². The summed E-state index contributed by atoms with van der Waals surface area (Å²) in [6.45, 7) is 10.9. The van der Waals surface area contributed by atoms with Gasteiger partial charge in [0.2, 0.25) is 0 Å². The Labute approximate surface area is 172 Å². The molecule has 1 aliphatic heterocycles. The zero-order valence-corrected chi connectivity index (χ0v) is 17.5. The Morgan fingerprint density at radius 2 is 1.79 bits per heavy atom. The normalized spacial score (nSPS) is 15.0. The van der Waals surface area contributed by atoms with Crippen LogP contribution in [0.25, 0.3) is 0 Å². The monoisotopic (exact) mass is 401 g/mol. The minimum absolute atomic E-state index is 0.0990. The molecule has 0 saturated carbocycles. The Bertz CT molecular complexity index is 800. The molecule has 1 amide bonds. The molecular formula is C22H28ClN3O2. The van der Waals surface area contributed by atoms with E-state index in [9.17, 15) is 4.79 Å². The lowest BCUT2D eigenvalue weighted by Crippen LogP contribution is -2.46. The summed E-state index contributed by atoms with van der Waals surface area (Å²) in [6, 6.07) is 12.8. The van der Waals surface area contributed by atoms with E-state index in [1.807, 2.05) is 44.2 Å². The summed E-state index contributed by atoms with van der Waals surface area (Å²) in [5, 5.41) is 3.69. The van der Waals surface area contributed by atoms with Crippen molar-refractivity contribution >= 4 is 28.9 Å². The number of carbonyl (C=O) groups excluding carboxylic acids is 1. The van der Waals surface area contributed by atoms with Crippen LogP contribution in [0.2, 0.25) is 5.02 Å². The minimum atomic E-state index is -0.160. The topological polar surface area (TPSA) is 44.8 Å². The van der Waals surface area contributed by atoms with Gasteiger partial charge in [-0.1, -0.05) is 24.6 Å². The first-order valence-electron chi connectivity index (χ1n) is 9.81. The fourth-order valence-electron chi connectivity index (χ4n) is 3.38. The van der Waals surface area contributed by atoms with E-state index in [1.54, 1.807) is 12.1 Å². The van der Waals surface area contributed by atoms with E-state index < -0.39 is 0 Å². The molecule has 3 rings (SSSR count). The number of nitrogens with zero attached hydrogens (tertiary/aromatic N) is 2. The van der Waals surface area contributed by atoms with Gasteiger partial charge in [0.25, 0.3) is 5.91 Å². The standard InChI is InChI=1S/C22H28ClN3O2/c1-4-25-12-14-26(15-13-25)21-19(23)6-5-7-20(21)24-22(27)17-8-10-18(11-9-17)28-16(2)3/h5-11,16H,4,12-15H2,1-3H3,(H,24,27). The SMILES string of the molecule is CCN1CCN(c2c(Cl)cccc2NC(=O)c2ccc(OC(C)C)cc2)CC1. The molecule has 1 heterocycles. The third-order valence-electron chi connectivity index (χ3n) is 4.86. The van der Waals surface area contributed by atoms with E-state index in [0.717, 1.165) is 49.8 Å². The molecule has 2 aromatic rings. The number of ether oxygens (including phenoxy) is 1. The largest absolute Gasteiger partial charge is 0.491 e. The molecule has 1 aliphatic rings. The molecule has 0 bridgehead atoms. The first-order valence-corrected chi connectivity index (χ1v) is 10.2. The van der Waals surface area contributed by atoms with Crippen LogP contribution in [-0.4, -0.2) is 49.6 Å². The molecule has 2 aromatic carbocycles. The maximum Gasteiger partial charge on any atom is 0.255 e. The van der Waals surface area contributed by atoms with Crippen molar-refractivity contribution in [1.82, 2.24) is 4.90 Å². The van der Waals surface area contributed by atoms with Gasteiger partial charge in [-0.05, 0) is 56.8 Å². The lowest BCUT2D eigenvalue weighted by Gasteiger charge is -2.36. The smallest absolute Gasteiger partial charge is 0.255 e. The first kappa shape index (κ1) is 20.5. The van der Waals surface area contributed by atoms with Gasteiger partial charge < -0.3 is 19.9 Å². The van der Waals surface area contributed by atoms with Crippen molar-refractivity contribution in [2.24, 2.45) is 0 Å². The number of benzene rings is 2. The van der Waals surface area contributed by atoms with Gasteiger partial charge in [-0.3, -0.25) is 4.79 Å². The quantitative estimate of drug-likeness (QED) is 0.772. The number of amides is 1. The van der Waals surface area contributed by atoms with Crippen LogP contribution in [0.1, 0.15) is 31.1 Å². The predicted octanol–water partition coefficient (Wildman–Crippen LogP) is 4.52. The van der Waals surface area contributed by atoms with Crippen molar-refractivity contribution in [2.75, 3.05) is 42.9 Å². The Balaban J connectivity index is 1.75. The number of halogens is 1. The van der Waals surface area contributed by atoms with E-state index in [0.29, 0.717) is 10.6 Å². The molecule has 0 aromatic heterocycles. The lowest BCUT2D eigenvalue weighted by molar-refractivity contribution is 0.102. The number of likely N-dealkylation sites (N-methyl/N-ethyl adjacent to an activating group) is 1. The highest BCUT2D eigenvalue weighted by atomic mass is 35.5. The number of piperazine rings is 1. The number of para-hydroxylation sites is 1.